The number of amides is 2. The van der Waals surface area contributed by atoms with Crippen LogP contribution in [0, 0.1) is 5.92 Å². The van der Waals surface area contributed by atoms with Crippen LogP contribution in [0.2, 0.25) is 0 Å². The second-order valence-corrected chi connectivity index (χ2v) is 6.61. The Hall–Kier alpha value is -2.04. The highest BCUT2D eigenvalue weighted by Crippen LogP contribution is 2.39. The van der Waals surface area contributed by atoms with Gasteiger partial charge < -0.3 is 15.0 Å². The number of methoxy groups -OCH3 is 1. The fraction of sp³-hybridized carbons (Fsp3) is 0.600. The minimum absolute atomic E-state index is 0.0124. The first-order chi connectivity index (χ1) is 12.1. The Morgan fingerprint density at radius 3 is 2.48 bits per heavy atom. The maximum absolute atomic E-state index is 12.7. The van der Waals surface area contributed by atoms with Crippen LogP contribution in [0.15, 0.2) is 24.3 Å². The summed E-state index contributed by atoms with van der Waals surface area (Å²) >= 11 is 0. The molecule has 1 aliphatic heterocycles. The van der Waals surface area contributed by atoms with Gasteiger partial charge in [-0.15, -0.1) is 0 Å². The van der Waals surface area contributed by atoms with Crippen molar-refractivity contribution in [3.63, 3.8) is 0 Å². The number of nitrogens with zero attached hydrogens (tertiary/aromatic N) is 1. The topological polar surface area (TPSA) is 58.6 Å². The first kappa shape index (κ1) is 19.3. The van der Waals surface area contributed by atoms with Crippen molar-refractivity contribution in [2.24, 2.45) is 5.92 Å². The second kappa shape index (κ2) is 9.44. The summed E-state index contributed by atoms with van der Waals surface area (Å²) in [5.74, 6) is 0.512. The zero-order valence-corrected chi connectivity index (χ0v) is 15.6. The summed E-state index contributed by atoms with van der Waals surface area (Å²) in [6.07, 6.45) is 4.25. The van der Waals surface area contributed by atoms with Crippen LogP contribution in [0.4, 0.5) is 0 Å². The van der Waals surface area contributed by atoms with E-state index < -0.39 is 0 Å². The fourth-order valence-electron chi connectivity index (χ4n) is 3.35. The highest BCUT2D eigenvalue weighted by Gasteiger charge is 2.43. The van der Waals surface area contributed by atoms with E-state index in [2.05, 4.69) is 19.2 Å². The van der Waals surface area contributed by atoms with Gasteiger partial charge in [0.1, 0.15) is 5.75 Å². The molecule has 1 aromatic rings. The van der Waals surface area contributed by atoms with E-state index in [1.807, 2.05) is 29.2 Å². The standard InChI is InChI=1S/C20H30N2O3/c1-4-6-12-21-20(24)17-14-18(23)22(13-7-5-2)19(17)15-8-10-16(25-3)11-9-15/h8-11,17,19H,4-7,12-14H2,1-3H3,(H,21,24). The maximum Gasteiger partial charge on any atom is 0.226 e. The summed E-state index contributed by atoms with van der Waals surface area (Å²) in [5.41, 5.74) is 0.999. The van der Waals surface area contributed by atoms with Crippen molar-refractivity contribution in [1.29, 1.82) is 0 Å². The molecule has 2 amide bonds. The van der Waals surface area contributed by atoms with E-state index in [0.29, 0.717) is 19.5 Å². The van der Waals surface area contributed by atoms with Crippen molar-refractivity contribution in [2.45, 2.75) is 52.0 Å². The molecule has 5 nitrogen and oxygen atoms in total. The summed E-state index contributed by atoms with van der Waals surface area (Å²) in [6.45, 7) is 5.57. The minimum Gasteiger partial charge on any atom is -0.497 e. The number of carbonyl (C=O) groups excluding carboxylic acids is 2. The molecular weight excluding hydrogens is 316 g/mol. The van der Waals surface area contributed by atoms with E-state index in [4.69, 9.17) is 4.74 Å². The average molecular weight is 346 g/mol. The van der Waals surface area contributed by atoms with Crippen molar-refractivity contribution in [1.82, 2.24) is 10.2 Å². The van der Waals surface area contributed by atoms with Crippen LogP contribution < -0.4 is 10.1 Å². The van der Waals surface area contributed by atoms with Gasteiger partial charge in [0.15, 0.2) is 0 Å². The molecule has 0 bridgehead atoms. The van der Waals surface area contributed by atoms with Crippen LogP contribution in [0.3, 0.4) is 0 Å². The SMILES string of the molecule is CCCCNC(=O)C1CC(=O)N(CCCC)C1c1ccc(OC)cc1. The number of carbonyl (C=O) groups is 2. The van der Waals surface area contributed by atoms with Crippen LogP contribution in [0.1, 0.15) is 57.6 Å². The van der Waals surface area contributed by atoms with Crippen molar-refractivity contribution in [3.05, 3.63) is 29.8 Å². The van der Waals surface area contributed by atoms with Gasteiger partial charge in [-0.2, -0.15) is 0 Å². The molecule has 1 aliphatic rings. The van der Waals surface area contributed by atoms with Crippen LogP contribution in [-0.2, 0) is 9.59 Å². The zero-order valence-electron chi connectivity index (χ0n) is 15.6. The lowest BCUT2D eigenvalue weighted by Crippen LogP contribution is -2.36. The van der Waals surface area contributed by atoms with Gasteiger partial charge in [-0.1, -0.05) is 38.8 Å². The molecule has 5 heteroatoms. The zero-order chi connectivity index (χ0) is 18.2. The Bertz CT molecular complexity index is 571. The number of likely N-dealkylation sites (tertiary alicyclic amines) is 1. The number of rotatable bonds is 9. The van der Waals surface area contributed by atoms with Gasteiger partial charge in [0.05, 0.1) is 19.1 Å². The first-order valence-corrected chi connectivity index (χ1v) is 9.33. The maximum atomic E-state index is 12.7. The Morgan fingerprint density at radius 2 is 1.88 bits per heavy atom. The normalized spacial score (nSPS) is 20.0. The molecule has 0 radical (unpaired) electrons. The highest BCUT2D eigenvalue weighted by molar-refractivity contribution is 5.90. The molecule has 2 rings (SSSR count). The van der Waals surface area contributed by atoms with Crippen molar-refractivity contribution < 1.29 is 14.3 Å². The molecule has 1 aromatic carbocycles. The molecule has 1 saturated heterocycles. The van der Waals surface area contributed by atoms with Gasteiger partial charge in [0, 0.05) is 19.5 Å². The second-order valence-electron chi connectivity index (χ2n) is 6.61. The van der Waals surface area contributed by atoms with Crippen LogP contribution in [-0.4, -0.2) is 36.9 Å². The number of nitrogens with one attached hydrogen (secondary N) is 1. The molecular formula is C20H30N2O3. The lowest BCUT2D eigenvalue weighted by Gasteiger charge is -2.28. The molecule has 1 fully saturated rings. The Morgan fingerprint density at radius 1 is 1.20 bits per heavy atom. The van der Waals surface area contributed by atoms with Gasteiger partial charge in [-0.25, -0.2) is 0 Å². The van der Waals surface area contributed by atoms with E-state index in [-0.39, 0.29) is 23.8 Å². The first-order valence-electron chi connectivity index (χ1n) is 9.33. The van der Waals surface area contributed by atoms with Gasteiger partial charge in [0.25, 0.3) is 0 Å². The fourth-order valence-corrected chi connectivity index (χ4v) is 3.35. The van der Waals surface area contributed by atoms with Gasteiger partial charge in [-0.3, -0.25) is 9.59 Å². The van der Waals surface area contributed by atoms with Crippen molar-refractivity contribution in [3.8, 4) is 5.75 Å². The summed E-state index contributed by atoms with van der Waals surface area (Å²) in [5, 5.41) is 3.00. The van der Waals surface area contributed by atoms with Crippen LogP contribution in [0.25, 0.3) is 0 Å². The van der Waals surface area contributed by atoms with Gasteiger partial charge in [0.2, 0.25) is 11.8 Å². The molecule has 0 aliphatic carbocycles. The molecule has 0 spiro atoms. The molecule has 1 N–H and O–H groups in total. The number of unbranched alkanes of at least 4 members (excludes halogenated alkanes) is 2. The van der Waals surface area contributed by atoms with Crippen LogP contribution in [0.5, 0.6) is 5.75 Å². The summed E-state index contributed by atoms with van der Waals surface area (Å²) < 4.78 is 5.22. The Labute approximate surface area is 150 Å². The largest absolute Gasteiger partial charge is 0.497 e. The average Bonchev–Trinajstić information content (AvgIpc) is 2.96. The third kappa shape index (κ3) is 4.74. The number of benzene rings is 1. The van der Waals surface area contributed by atoms with Crippen molar-refractivity contribution >= 4 is 11.8 Å². The van der Waals surface area contributed by atoms with Crippen molar-refractivity contribution in [2.75, 3.05) is 20.2 Å². The van der Waals surface area contributed by atoms with E-state index >= 15 is 0 Å². The molecule has 1 heterocycles. The lowest BCUT2D eigenvalue weighted by atomic mass is 9.92. The highest BCUT2D eigenvalue weighted by atomic mass is 16.5. The van der Waals surface area contributed by atoms with E-state index in [0.717, 1.165) is 37.0 Å². The molecule has 2 atom stereocenters. The number of hydrogen-bond donors (Lipinski definition) is 1. The number of ether oxygens (including phenoxy) is 1. The van der Waals surface area contributed by atoms with Gasteiger partial charge in [-0.05, 0) is 30.5 Å². The van der Waals surface area contributed by atoms with Crippen LogP contribution >= 0.6 is 0 Å². The quantitative estimate of drug-likeness (QED) is 0.698. The molecule has 138 valence electrons. The smallest absolute Gasteiger partial charge is 0.226 e. The lowest BCUT2D eigenvalue weighted by molar-refractivity contribution is -0.129. The molecule has 0 aromatic heterocycles. The summed E-state index contributed by atoms with van der Waals surface area (Å²) in [7, 11) is 1.63. The predicted octanol–water partition coefficient (Wildman–Crippen LogP) is 3.30. The monoisotopic (exact) mass is 346 g/mol. The Balaban J connectivity index is 2.23. The molecule has 2 unspecified atom stereocenters. The van der Waals surface area contributed by atoms with E-state index in [1.54, 1.807) is 7.11 Å². The van der Waals surface area contributed by atoms with Gasteiger partial charge >= 0.3 is 0 Å². The molecule has 25 heavy (non-hydrogen) atoms. The van der Waals surface area contributed by atoms with E-state index in [9.17, 15) is 9.59 Å². The van der Waals surface area contributed by atoms with E-state index in [1.165, 1.54) is 0 Å². The molecule has 0 saturated carbocycles. The number of hydrogen-bond acceptors (Lipinski definition) is 3. The predicted molar refractivity (Wildman–Crippen MR) is 98.4 cm³/mol. The summed E-state index contributed by atoms with van der Waals surface area (Å²) in [4.78, 5) is 27.1. The third-order valence-electron chi connectivity index (χ3n) is 4.81. The Kier molecular flexibility index (Phi) is 7.29. The minimum atomic E-state index is -0.324. The summed E-state index contributed by atoms with van der Waals surface area (Å²) in [6, 6.07) is 7.53. The third-order valence-corrected chi connectivity index (χ3v) is 4.81.